The van der Waals surface area contributed by atoms with Gasteiger partial charge in [-0.15, -0.1) is 0 Å². The summed E-state index contributed by atoms with van der Waals surface area (Å²) in [5.41, 5.74) is 5.77. The van der Waals surface area contributed by atoms with Gasteiger partial charge in [-0.1, -0.05) is 34.5 Å². The maximum Gasteiger partial charge on any atom is 0.255 e. The van der Waals surface area contributed by atoms with Crippen LogP contribution in [0, 0.1) is 0 Å². The molecule has 7 heteroatoms. The fourth-order valence-electron chi connectivity index (χ4n) is 5.55. The van der Waals surface area contributed by atoms with Gasteiger partial charge in [0.25, 0.3) is 5.91 Å². The molecule has 1 N–H and O–H groups in total. The lowest BCUT2D eigenvalue weighted by atomic mass is 9.98. The number of fused-ring (bicyclic) bond motifs is 2. The number of hydrogen-bond acceptors (Lipinski definition) is 4. The molecular weight excluding hydrogens is 494 g/mol. The molecule has 0 aromatic heterocycles. The van der Waals surface area contributed by atoms with Crippen LogP contribution in [0.15, 0.2) is 40.9 Å². The van der Waals surface area contributed by atoms with Crippen LogP contribution in [0.1, 0.15) is 65.6 Å². The smallest absolute Gasteiger partial charge is 0.255 e. The summed E-state index contributed by atoms with van der Waals surface area (Å²) in [5.74, 6) is -0.709. The fraction of sp³-hybridized carbons (Fsp3) is 0.444. The van der Waals surface area contributed by atoms with Crippen molar-refractivity contribution in [3.05, 3.63) is 63.1 Å². The number of nitrogens with zero attached hydrogens (tertiary/aromatic N) is 2. The SMILES string of the molecule is O=C1CCC(N2Cc3c(CCCCCN4CCCc5cc(Br)ccc54)cccc3C2=O)C(=O)N1. The quantitative estimate of drug-likeness (QED) is 0.432. The summed E-state index contributed by atoms with van der Waals surface area (Å²) in [6.07, 6.45) is 7.32. The summed E-state index contributed by atoms with van der Waals surface area (Å²) in [6.45, 7) is 2.65. The van der Waals surface area contributed by atoms with Crippen LogP contribution < -0.4 is 10.2 Å². The van der Waals surface area contributed by atoms with Crippen molar-refractivity contribution < 1.29 is 14.4 Å². The number of unbranched alkanes of at least 4 members (excludes halogenated alkanes) is 2. The molecule has 6 nitrogen and oxygen atoms in total. The van der Waals surface area contributed by atoms with Gasteiger partial charge in [-0.3, -0.25) is 19.7 Å². The Hall–Kier alpha value is -2.67. The lowest BCUT2D eigenvalue weighted by Gasteiger charge is -2.31. The normalized spacial score (nSPS) is 19.8. The minimum absolute atomic E-state index is 0.0956. The first-order valence-corrected chi connectivity index (χ1v) is 13.1. The Labute approximate surface area is 208 Å². The lowest BCUT2D eigenvalue weighted by molar-refractivity contribution is -0.136. The molecule has 3 amide bonds. The number of carbonyl (C=O) groups excluding carboxylic acids is 3. The van der Waals surface area contributed by atoms with Crippen molar-refractivity contribution in [2.24, 2.45) is 0 Å². The maximum absolute atomic E-state index is 13.0. The van der Waals surface area contributed by atoms with Gasteiger partial charge in [0.15, 0.2) is 0 Å². The number of benzene rings is 2. The lowest BCUT2D eigenvalue weighted by Crippen LogP contribution is -2.52. The third-order valence-electron chi connectivity index (χ3n) is 7.31. The van der Waals surface area contributed by atoms with Gasteiger partial charge in [-0.25, -0.2) is 0 Å². The van der Waals surface area contributed by atoms with Gasteiger partial charge in [-0.2, -0.15) is 0 Å². The molecule has 0 spiro atoms. The number of halogens is 1. The van der Waals surface area contributed by atoms with Gasteiger partial charge >= 0.3 is 0 Å². The van der Waals surface area contributed by atoms with Crippen molar-refractivity contribution in [2.75, 3.05) is 18.0 Å². The maximum atomic E-state index is 13.0. The van der Waals surface area contributed by atoms with Crippen LogP contribution in [0.2, 0.25) is 0 Å². The molecule has 0 bridgehead atoms. The Kier molecular flexibility index (Phi) is 6.73. The van der Waals surface area contributed by atoms with Crippen LogP contribution >= 0.6 is 15.9 Å². The van der Waals surface area contributed by atoms with Gasteiger partial charge in [0.05, 0.1) is 0 Å². The monoisotopic (exact) mass is 523 g/mol. The van der Waals surface area contributed by atoms with E-state index in [0.29, 0.717) is 18.5 Å². The molecule has 3 aliphatic rings. The second kappa shape index (κ2) is 9.90. The molecular formula is C27H30BrN3O3. The van der Waals surface area contributed by atoms with E-state index in [9.17, 15) is 14.4 Å². The largest absolute Gasteiger partial charge is 0.371 e. The van der Waals surface area contributed by atoms with E-state index in [-0.39, 0.29) is 24.1 Å². The third-order valence-corrected chi connectivity index (χ3v) is 7.80. The standard InChI is InChI=1S/C27H30BrN3O3/c28-20-10-11-23-19(16-20)8-5-15-30(23)14-3-1-2-6-18-7-4-9-21-22(18)17-31(27(21)34)24-12-13-25(32)29-26(24)33/h4,7,9-11,16,24H,1-3,5-6,8,12-15,17H2,(H,29,32,33). The number of amides is 3. The minimum atomic E-state index is -0.557. The molecule has 0 saturated carbocycles. The number of hydrogen-bond donors (Lipinski definition) is 1. The highest BCUT2D eigenvalue weighted by Crippen LogP contribution is 2.32. The van der Waals surface area contributed by atoms with Crippen molar-refractivity contribution >= 4 is 39.3 Å². The second-order valence-electron chi connectivity index (χ2n) is 9.52. The molecule has 0 radical (unpaired) electrons. The summed E-state index contributed by atoms with van der Waals surface area (Å²) in [7, 11) is 0. The molecule has 1 unspecified atom stereocenters. The summed E-state index contributed by atoms with van der Waals surface area (Å²) in [4.78, 5) is 41.0. The number of rotatable bonds is 7. The van der Waals surface area contributed by atoms with Crippen molar-refractivity contribution in [2.45, 2.75) is 64.0 Å². The summed E-state index contributed by atoms with van der Waals surface area (Å²) < 4.78 is 1.15. The number of imide groups is 1. The first-order chi connectivity index (χ1) is 16.5. The van der Waals surface area contributed by atoms with Crippen LogP contribution in [0.4, 0.5) is 5.69 Å². The van der Waals surface area contributed by atoms with E-state index in [1.807, 2.05) is 12.1 Å². The van der Waals surface area contributed by atoms with Crippen LogP contribution in [0.5, 0.6) is 0 Å². The van der Waals surface area contributed by atoms with E-state index >= 15 is 0 Å². The van der Waals surface area contributed by atoms with E-state index in [1.165, 1.54) is 23.2 Å². The van der Waals surface area contributed by atoms with Crippen molar-refractivity contribution in [1.29, 1.82) is 0 Å². The summed E-state index contributed by atoms with van der Waals surface area (Å²) >= 11 is 3.59. The Morgan fingerprint density at radius 1 is 1.03 bits per heavy atom. The average molecular weight is 524 g/mol. The highest BCUT2D eigenvalue weighted by atomic mass is 79.9. The molecule has 2 aromatic carbocycles. The minimum Gasteiger partial charge on any atom is -0.371 e. The zero-order chi connectivity index (χ0) is 23.7. The molecule has 2 aromatic rings. The van der Waals surface area contributed by atoms with E-state index in [1.54, 1.807) is 4.90 Å². The van der Waals surface area contributed by atoms with Gasteiger partial charge in [0, 0.05) is 41.8 Å². The molecule has 3 heterocycles. The highest BCUT2D eigenvalue weighted by molar-refractivity contribution is 9.10. The topological polar surface area (TPSA) is 69.7 Å². The van der Waals surface area contributed by atoms with Crippen LogP contribution in [-0.2, 0) is 29.0 Å². The van der Waals surface area contributed by atoms with Gasteiger partial charge < -0.3 is 9.80 Å². The van der Waals surface area contributed by atoms with Crippen molar-refractivity contribution in [3.63, 3.8) is 0 Å². The molecule has 0 aliphatic carbocycles. The number of piperidine rings is 1. The molecule has 1 atom stereocenters. The number of aryl methyl sites for hydroxylation is 2. The van der Waals surface area contributed by atoms with Gasteiger partial charge in [-0.05, 0) is 79.5 Å². The van der Waals surface area contributed by atoms with Gasteiger partial charge in [0.1, 0.15) is 6.04 Å². The zero-order valence-corrected chi connectivity index (χ0v) is 20.9. The van der Waals surface area contributed by atoms with E-state index in [4.69, 9.17) is 0 Å². The molecule has 1 saturated heterocycles. The summed E-state index contributed by atoms with van der Waals surface area (Å²) in [5, 5.41) is 2.37. The van der Waals surface area contributed by atoms with Crippen LogP contribution in [0.3, 0.4) is 0 Å². The molecule has 5 rings (SSSR count). The zero-order valence-electron chi connectivity index (χ0n) is 19.3. The predicted molar refractivity (Wildman–Crippen MR) is 135 cm³/mol. The fourth-order valence-corrected chi connectivity index (χ4v) is 5.96. The molecule has 3 aliphatic heterocycles. The van der Waals surface area contributed by atoms with Crippen molar-refractivity contribution in [3.8, 4) is 0 Å². The first kappa shape index (κ1) is 23.1. The Balaban J connectivity index is 1.16. The highest BCUT2D eigenvalue weighted by Gasteiger charge is 2.39. The number of anilines is 1. The second-order valence-corrected chi connectivity index (χ2v) is 10.4. The number of nitrogens with one attached hydrogen (secondary N) is 1. The van der Waals surface area contributed by atoms with E-state index in [0.717, 1.165) is 55.2 Å². The third kappa shape index (κ3) is 4.63. The van der Waals surface area contributed by atoms with Gasteiger partial charge in [0.2, 0.25) is 11.8 Å². The van der Waals surface area contributed by atoms with Crippen molar-refractivity contribution in [1.82, 2.24) is 10.2 Å². The molecule has 178 valence electrons. The first-order valence-electron chi connectivity index (χ1n) is 12.3. The Morgan fingerprint density at radius 2 is 1.91 bits per heavy atom. The summed E-state index contributed by atoms with van der Waals surface area (Å²) in [6, 6.07) is 12.0. The van der Waals surface area contributed by atoms with E-state index < -0.39 is 6.04 Å². The van der Waals surface area contributed by atoms with E-state index in [2.05, 4.69) is 50.4 Å². The molecule has 1 fully saturated rings. The number of carbonyl (C=O) groups is 3. The Morgan fingerprint density at radius 3 is 2.76 bits per heavy atom. The average Bonchev–Trinajstić information content (AvgIpc) is 3.15. The molecule has 34 heavy (non-hydrogen) atoms. The van der Waals surface area contributed by atoms with Crippen LogP contribution in [0.25, 0.3) is 0 Å². The predicted octanol–water partition coefficient (Wildman–Crippen LogP) is 4.38. The Bertz CT molecular complexity index is 1130. The van der Waals surface area contributed by atoms with Crippen LogP contribution in [-0.4, -0.2) is 41.8 Å².